The lowest BCUT2D eigenvalue weighted by molar-refractivity contribution is 0.411. The van der Waals surface area contributed by atoms with Crippen molar-refractivity contribution in [1.29, 1.82) is 0 Å². The highest BCUT2D eigenvalue weighted by Crippen LogP contribution is 2.40. The third-order valence-electron chi connectivity index (χ3n) is 3.13. The number of hydrogen-bond acceptors (Lipinski definition) is 0. The molecule has 1 unspecified atom stereocenters. The molecule has 2 rings (SSSR count). The fraction of sp³-hybridized carbons (Fsp3) is 0.375. The topological polar surface area (TPSA) is 0 Å². The van der Waals surface area contributed by atoms with Crippen LogP contribution in [0.25, 0.3) is 0 Å². The van der Waals surface area contributed by atoms with Gasteiger partial charge in [0, 0.05) is 11.1 Å². The zero-order valence-electron chi connectivity index (χ0n) is 10.2. The van der Waals surface area contributed by atoms with Crippen molar-refractivity contribution in [3.8, 4) is 11.8 Å². The van der Waals surface area contributed by atoms with Gasteiger partial charge in [0.2, 0.25) is 0 Å². The Balaban J connectivity index is 2.23. The maximum Gasteiger partial charge on any atom is 0.0248 e. The van der Waals surface area contributed by atoms with Gasteiger partial charge in [-0.2, -0.15) is 0 Å². The van der Waals surface area contributed by atoms with Crippen LogP contribution in [-0.2, 0) is 0 Å². The molecule has 0 spiro atoms. The molecular weight excluding hydrogens is 192 g/mol. The van der Waals surface area contributed by atoms with E-state index in [-0.39, 0.29) is 5.41 Å². The van der Waals surface area contributed by atoms with Gasteiger partial charge in [0.1, 0.15) is 0 Å². The summed E-state index contributed by atoms with van der Waals surface area (Å²) in [5.41, 5.74) is 2.64. The summed E-state index contributed by atoms with van der Waals surface area (Å²) in [6, 6.07) is 10.2. The van der Waals surface area contributed by atoms with Gasteiger partial charge in [-0.25, -0.2) is 0 Å². The van der Waals surface area contributed by atoms with E-state index >= 15 is 0 Å². The summed E-state index contributed by atoms with van der Waals surface area (Å²) >= 11 is 0. The van der Waals surface area contributed by atoms with Crippen molar-refractivity contribution in [3.05, 3.63) is 47.5 Å². The lowest BCUT2D eigenvalue weighted by atomic mass is 9.85. The predicted molar refractivity (Wildman–Crippen MR) is 69.0 cm³/mol. The quantitative estimate of drug-likeness (QED) is 0.567. The molecule has 1 aromatic rings. The van der Waals surface area contributed by atoms with Gasteiger partial charge in [-0.05, 0) is 29.9 Å². The zero-order chi connectivity index (χ0) is 11.6. The van der Waals surface area contributed by atoms with E-state index in [0.717, 1.165) is 5.56 Å². The molecule has 1 aliphatic carbocycles. The molecule has 1 atom stereocenters. The highest BCUT2D eigenvalue weighted by atomic mass is 14.3. The number of rotatable bonds is 0. The molecule has 0 heteroatoms. The van der Waals surface area contributed by atoms with Crippen LogP contribution in [0.1, 0.15) is 32.8 Å². The Morgan fingerprint density at radius 3 is 2.38 bits per heavy atom. The van der Waals surface area contributed by atoms with E-state index in [9.17, 15) is 0 Å². The van der Waals surface area contributed by atoms with Gasteiger partial charge in [-0.1, -0.05) is 56.9 Å². The summed E-state index contributed by atoms with van der Waals surface area (Å²) in [7, 11) is 0. The summed E-state index contributed by atoms with van der Waals surface area (Å²) < 4.78 is 0. The minimum absolute atomic E-state index is 0.251. The Morgan fingerprint density at radius 1 is 1.12 bits per heavy atom. The monoisotopic (exact) mass is 210 g/mol. The summed E-state index contributed by atoms with van der Waals surface area (Å²) in [4.78, 5) is 0. The van der Waals surface area contributed by atoms with E-state index in [4.69, 9.17) is 0 Å². The molecule has 0 aliphatic heterocycles. The molecule has 0 amide bonds. The normalized spacial score (nSPS) is 22.2. The second-order valence-corrected chi connectivity index (χ2v) is 5.26. The van der Waals surface area contributed by atoms with Crippen molar-refractivity contribution in [3.63, 3.8) is 0 Å². The predicted octanol–water partition coefficient (Wildman–Crippen LogP) is 4.03. The Kier molecular flexibility index (Phi) is 2.88. The maximum absolute atomic E-state index is 3.33. The van der Waals surface area contributed by atoms with Crippen LogP contribution in [0, 0.1) is 23.2 Å². The first-order valence-corrected chi connectivity index (χ1v) is 5.87. The van der Waals surface area contributed by atoms with Crippen LogP contribution in [0.3, 0.4) is 0 Å². The van der Waals surface area contributed by atoms with Crippen molar-refractivity contribution in [2.45, 2.75) is 27.2 Å². The van der Waals surface area contributed by atoms with Crippen molar-refractivity contribution >= 4 is 0 Å². The van der Waals surface area contributed by atoms with Crippen LogP contribution in [0.2, 0.25) is 0 Å². The minimum Gasteiger partial charge on any atom is -0.0695 e. The Labute approximate surface area is 98.4 Å². The largest absolute Gasteiger partial charge is 0.0695 e. The fourth-order valence-electron chi connectivity index (χ4n) is 2.36. The molecule has 16 heavy (non-hydrogen) atoms. The lowest BCUT2D eigenvalue weighted by Gasteiger charge is -2.19. The van der Waals surface area contributed by atoms with Crippen LogP contribution in [-0.4, -0.2) is 0 Å². The number of hydrogen-bond donors (Lipinski definition) is 0. The third-order valence-corrected chi connectivity index (χ3v) is 3.13. The zero-order valence-corrected chi connectivity index (χ0v) is 10.2. The van der Waals surface area contributed by atoms with Crippen LogP contribution in [0.4, 0.5) is 0 Å². The molecule has 1 aliphatic rings. The van der Waals surface area contributed by atoms with Gasteiger partial charge >= 0.3 is 0 Å². The number of allylic oxidation sites excluding steroid dienone is 2. The molecule has 0 bridgehead atoms. The summed E-state index contributed by atoms with van der Waals surface area (Å²) in [6.45, 7) is 6.82. The smallest absolute Gasteiger partial charge is 0.0248 e. The van der Waals surface area contributed by atoms with E-state index < -0.39 is 0 Å². The summed E-state index contributed by atoms with van der Waals surface area (Å²) in [5, 5.41) is 0. The van der Waals surface area contributed by atoms with E-state index in [1.54, 1.807) is 0 Å². The van der Waals surface area contributed by atoms with Crippen molar-refractivity contribution in [2.24, 2.45) is 11.3 Å². The average Bonchev–Trinajstić information content (AvgIpc) is 2.50. The molecular formula is C16H18. The van der Waals surface area contributed by atoms with Gasteiger partial charge < -0.3 is 0 Å². The van der Waals surface area contributed by atoms with E-state index in [1.807, 2.05) is 18.2 Å². The van der Waals surface area contributed by atoms with Gasteiger partial charge in [0.05, 0.1) is 0 Å². The first-order chi connectivity index (χ1) is 7.58. The molecule has 82 valence electrons. The average molecular weight is 210 g/mol. The maximum atomic E-state index is 3.33. The molecule has 0 N–H and O–H groups in total. The number of benzene rings is 1. The van der Waals surface area contributed by atoms with Crippen molar-refractivity contribution in [2.75, 3.05) is 0 Å². The first kappa shape index (κ1) is 11.0. The standard InChI is InChI=1S/C16H18/c1-13-11-15(16(2,3)12-13)10-9-14-7-5-4-6-8-14/h4-8,11,13H,12H2,1-3H3. The van der Waals surface area contributed by atoms with Gasteiger partial charge in [-0.3, -0.25) is 0 Å². The minimum atomic E-state index is 0.251. The lowest BCUT2D eigenvalue weighted by Crippen LogP contribution is -2.09. The molecule has 0 nitrogen and oxygen atoms in total. The molecule has 0 saturated carbocycles. The summed E-state index contributed by atoms with van der Waals surface area (Å²) in [6.07, 6.45) is 3.53. The molecule has 0 fully saturated rings. The Hall–Kier alpha value is -1.48. The molecule has 0 aromatic heterocycles. The SMILES string of the molecule is CC1C=C(C#Cc2ccccc2)C(C)(C)C1. The first-order valence-electron chi connectivity index (χ1n) is 5.87. The fourth-order valence-corrected chi connectivity index (χ4v) is 2.36. The van der Waals surface area contributed by atoms with Crippen LogP contribution < -0.4 is 0 Å². The van der Waals surface area contributed by atoms with Crippen molar-refractivity contribution < 1.29 is 0 Å². The molecule has 0 saturated heterocycles. The van der Waals surface area contributed by atoms with Crippen LogP contribution in [0.5, 0.6) is 0 Å². The van der Waals surface area contributed by atoms with E-state index in [2.05, 4.69) is 50.8 Å². The van der Waals surface area contributed by atoms with Crippen LogP contribution >= 0.6 is 0 Å². The molecule has 1 aromatic carbocycles. The van der Waals surface area contributed by atoms with Crippen LogP contribution in [0.15, 0.2) is 42.0 Å². The highest BCUT2D eigenvalue weighted by molar-refractivity contribution is 5.44. The van der Waals surface area contributed by atoms with E-state index in [0.29, 0.717) is 5.92 Å². The van der Waals surface area contributed by atoms with Gasteiger partial charge in [0.25, 0.3) is 0 Å². The third kappa shape index (κ3) is 2.36. The molecule has 0 radical (unpaired) electrons. The van der Waals surface area contributed by atoms with Gasteiger partial charge in [-0.15, -0.1) is 0 Å². The Bertz CT molecular complexity index is 452. The van der Waals surface area contributed by atoms with E-state index in [1.165, 1.54) is 12.0 Å². The second kappa shape index (κ2) is 4.18. The second-order valence-electron chi connectivity index (χ2n) is 5.26. The highest BCUT2D eigenvalue weighted by Gasteiger charge is 2.29. The van der Waals surface area contributed by atoms with Crippen molar-refractivity contribution in [1.82, 2.24) is 0 Å². The Morgan fingerprint density at radius 2 is 1.81 bits per heavy atom. The molecule has 0 heterocycles. The summed E-state index contributed by atoms with van der Waals surface area (Å²) in [5.74, 6) is 7.24. The van der Waals surface area contributed by atoms with Gasteiger partial charge in [0.15, 0.2) is 0 Å².